The number of rotatable bonds is 6. The summed E-state index contributed by atoms with van der Waals surface area (Å²) in [6, 6.07) is 5.08. The van der Waals surface area contributed by atoms with Crippen LogP contribution in [0.3, 0.4) is 0 Å². The average Bonchev–Trinajstić information content (AvgIpc) is 3.46. The first-order chi connectivity index (χ1) is 14.6. The van der Waals surface area contributed by atoms with Crippen molar-refractivity contribution in [3.8, 4) is 17.1 Å². The molecule has 9 heteroatoms. The molecule has 2 aromatic heterocycles. The normalized spacial score (nSPS) is 17.8. The lowest BCUT2D eigenvalue weighted by Crippen LogP contribution is -2.44. The van der Waals surface area contributed by atoms with Crippen LogP contribution in [0.15, 0.2) is 24.5 Å². The maximum atomic E-state index is 14.3. The molecule has 2 fully saturated rings. The number of aromatic amines is 1. The van der Waals surface area contributed by atoms with E-state index in [2.05, 4.69) is 29.4 Å². The highest BCUT2D eigenvalue weighted by Crippen LogP contribution is 2.37. The van der Waals surface area contributed by atoms with Crippen LogP contribution in [-0.2, 0) is 0 Å². The highest BCUT2D eigenvalue weighted by molar-refractivity contribution is 7.97. The molecule has 0 spiro atoms. The van der Waals surface area contributed by atoms with E-state index in [0.717, 1.165) is 42.6 Å². The number of benzene rings is 1. The van der Waals surface area contributed by atoms with Gasteiger partial charge in [-0.3, -0.25) is 5.10 Å². The van der Waals surface area contributed by atoms with Crippen LogP contribution in [0, 0.1) is 5.82 Å². The molecule has 30 heavy (non-hydrogen) atoms. The summed E-state index contributed by atoms with van der Waals surface area (Å²) in [4.78, 5) is 11.2. The van der Waals surface area contributed by atoms with Crippen molar-refractivity contribution in [1.82, 2.24) is 24.5 Å². The number of anilines is 1. The fourth-order valence-corrected chi connectivity index (χ4v) is 4.76. The molecule has 0 bridgehead atoms. The van der Waals surface area contributed by atoms with Crippen LogP contribution in [0.2, 0.25) is 0 Å². The molecule has 0 radical (unpaired) electrons. The van der Waals surface area contributed by atoms with Gasteiger partial charge in [-0.25, -0.2) is 18.7 Å². The van der Waals surface area contributed by atoms with Gasteiger partial charge in [-0.2, -0.15) is 5.10 Å². The number of nitrogens with zero attached hydrogens (tertiary/aromatic N) is 5. The number of halogens is 1. The van der Waals surface area contributed by atoms with Gasteiger partial charge in [0.25, 0.3) is 0 Å². The maximum absolute atomic E-state index is 14.3. The molecule has 1 aromatic carbocycles. The van der Waals surface area contributed by atoms with E-state index in [0.29, 0.717) is 16.9 Å². The smallest absolute Gasteiger partial charge is 0.167 e. The number of ether oxygens (including phenoxy) is 1. The van der Waals surface area contributed by atoms with E-state index in [4.69, 9.17) is 4.74 Å². The van der Waals surface area contributed by atoms with Crippen LogP contribution in [0.1, 0.15) is 26.7 Å². The van der Waals surface area contributed by atoms with Gasteiger partial charge in [0.05, 0.1) is 17.3 Å². The minimum Gasteiger partial charge on any atom is -0.488 e. The number of H-pyrrole nitrogens is 1. The Morgan fingerprint density at radius 3 is 2.67 bits per heavy atom. The minimum atomic E-state index is -0.406. The molecule has 2 aliphatic rings. The van der Waals surface area contributed by atoms with Gasteiger partial charge >= 0.3 is 0 Å². The van der Waals surface area contributed by atoms with Gasteiger partial charge in [0, 0.05) is 48.9 Å². The van der Waals surface area contributed by atoms with Crippen LogP contribution in [-0.4, -0.2) is 62.0 Å². The molecule has 3 heterocycles. The maximum Gasteiger partial charge on any atom is 0.167 e. The molecule has 0 atom stereocenters. The van der Waals surface area contributed by atoms with Crippen LogP contribution in [0.25, 0.3) is 22.3 Å². The summed E-state index contributed by atoms with van der Waals surface area (Å²) in [5.41, 5.74) is 2.00. The number of piperazine rings is 1. The van der Waals surface area contributed by atoms with Gasteiger partial charge in [0.1, 0.15) is 17.8 Å². The quantitative estimate of drug-likeness (QED) is 0.598. The first-order valence-corrected chi connectivity index (χ1v) is 11.2. The van der Waals surface area contributed by atoms with Crippen molar-refractivity contribution in [3.05, 3.63) is 30.3 Å². The van der Waals surface area contributed by atoms with Crippen LogP contribution < -0.4 is 9.64 Å². The molecule has 0 unspecified atom stereocenters. The molecule has 3 aromatic rings. The third-order valence-electron chi connectivity index (χ3n) is 5.26. The fraction of sp³-hybridized carbons (Fsp3) is 0.476. The Morgan fingerprint density at radius 2 is 1.93 bits per heavy atom. The minimum absolute atomic E-state index is 0.116. The Balaban J connectivity index is 1.39. The van der Waals surface area contributed by atoms with Crippen molar-refractivity contribution in [1.29, 1.82) is 0 Å². The summed E-state index contributed by atoms with van der Waals surface area (Å²) < 4.78 is 22.4. The summed E-state index contributed by atoms with van der Waals surface area (Å²) in [7, 11) is 0. The van der Waals surface area contributed by atoms with Crippen molar-refractivity contribution in [3.63, 3.8) is 0 Å². The van der Waals surface area contributed by atoms with Crippen molar-refractivity contribution >= 4 is 28.7 Å². The largest absolute Gasteiger partial charge is 0.488 e. The van der Waals surface area contributed by atoms with Gasteiger partial charge < -0.3 is 9.64 Å². The second-order valence-electron chi connectivity index (χ2n) is 8.05. The van der Waals surface area contributed by atoms with Gasteiger partial charge in [-0.1, -0.05) is 11.9 Å². The highest BCUT2D eigenvalue weighted by atomic mass is 32.2. The Labute approximate surface area is 179 Å². The first-order valence-electron chi connectivity index (χ1n) is 10.4. The molecule has 1 aliphatic heterocycles. The SMILES string of the molecule is CC(C)Oc1cc2c(-c3cc(N4CCN(SC5CC5)CC4)ncn3)n[nH]c2cc1F. The number of fused-ring (bicyclic) bond motifs is 1. The summed E-state index contributed by atoms with van der Waals surface area (Å²) in [5.74, 6) is 0.711. The monoisotopic (exact) mass is 428 g/mol. The van der Waals surface area contributed by atoms with Crippen LogP contribution in [0.5, 0.6) is 5.75 Å². The molecular formula is C21H25FN6OS. The second-order valence-corrected chi connectivity index (χ2v) is 9.44. The zero-order chi connectivity index (χ0) is 20.7. The Morgan fingerprint density at radius 1 is 1.13 bits per heavy atom. The number of hydrogen-bond acceptors (Lipinski definition) is 7. The van der Waals surface area contributed by atoms with E-state index in [1.54, 1.807) is 12.4 Å². The molecule has 1 saturated heterocycles. The standard InChI is InChI=1S/C21H25FN6OS/c1-13(2)29-19-9-15-17(10-16(19)22)25-26-21(15)18-11-20(24-12-23-18)27-5-7-28(8-6-27)30-14-3-4-14/h9-14H,3-8H2,1-2H3,(H,25,26). The van der Waals surface area contributed by atoms with Crippen molar-refractivity contribution in [2.45, 2.75) is 38.0 Å². The lowest BCUT2D eigenvalue weighted by molar-refractivity contribution is 0.231. The van der Waals surface area contributed by atoms with Gasteiger partial charge in [-0.05, 0) is 32.8 Å². The van der Waals surface area contributed by atoms with Crippen molar-refractivity contribution in [2.24, 2.45) is 0 Å². The molecule has 0 amide bonds. The Hall–Kier alpha value is -2.39. The predicted octanol–water partition coefficient (Wildman–Crippen LogP) is 3.88. The van der Waals surface area contributed by atoms with Crippen molar-refractivity contribution in [2.75, 3.05) is 31.1 Å². The lowest BCUT2D eigenvalue weighted by Gasteiger charge is -2.34. The molecule has 1 saturated carbocycles. The van der Waals surface area contributed by atoms with E-state index >= 15 is 0 Å². The zero-order valence-corrected chi connectivity index (χ0v) is 18.0. The second kappa shape index (κ2) is 8.03. The van der Waals surface area contributed by atoms with E-state index in [-0.39, 0.29) is 11.9 Å². The summed E-state index contributed by atoms with van der Waals surface area (Å²) in [6.45, 7) is 7.69. The number of aromatic nitrogens is 4. The van der Waals surface area contributed by atoms with Crippen molar-refractivity contribution < 1.29 is 9.13 Å². The van der Waals surface area contributed by atoms with E-state index in [9.17, 15) is 4.39 Å². The zero-order valence-electron chi connectivity index (χ0n) is 17.1. The van der Waals surface area contributed by atoms with Gasteiger partial charge in [0.15, 0.2) is 11.6 Å². The molecule has 158 valence electrons. The lowest BCUT2D eigenvalue weighted by atomic mass is 10.1. The van der Waals surface area contributed by atoms with Crippen LogP contribution >= 0.6 is 11.9 Å². The summed E-state index contributed by atoms with van der Waals surface area (Å²) >= 11 is 2.01. The van der Waals surface area contributed by atoms with Gasteiger partial charge in [0.2, 0.25) is 0 Å². The van der Waals surface area contributed by atoms with E-state index in [1.165, 1.54) is 18.9 Å². The van der Waals surface area contributed by atoms with E-state index in [1.807, 2.05) is 31.9 Å². The third-order valence-corrected chi connectivity index (χ3v) is 6.69. The fourth-order valence-electron chi connectivity index (χ4n) is 3.61. The Kier molecular flexibility index (Phi) is 5.24. The van der Waals surface area contributed by atoms with Gasteiger partial charge in [-0.15, -0.1) is 0 Å². The van der Waals surface area contributed by atoms with E-state index < -0.39 is 5.82 Å². The summed E-state index contributed by atoms with van der Waals surface area (Å²) in [5, 5.41) is 8.92. The predicted molar refractivity (Wildman–Crippen MR) is 117 cm³/mol. The molecule has 7 nitrogen and oxygen atoms in total. The number of hydrogen-bond donors (Lipinski definition) is 1. The molecule has 1 N–H and O–H groups in total. The summed E-state index contributed by atoms with van der Waals surface area (Å²) in [6.07, 6.45) is 4.16. The van der Waals surface area contributed by atoms with Crippen LogP contribution in [0.4, 0.5) is 10.2 Å². The Bertz CT molecular complexity index is 1050. The highest BCUT2D eigenvalue weighted by Gasteiger charge is 2.28. The molecule has 5 rings (SSSR count). The average molecular weight is 429 g/mol. The topological polar surface area (TPSA) is 70.2 Å². The molecular weight excluding hydrogens is 403 g/mol. The number of nitrogens with one attached hydrogen (secondary N) is 1. The first kappa shape index (κ1) is 19.6. The molecule has 1 aliphatic carbocycles. The third kappa shape index (κ3) is 4.09.